The second-order valence-corrected chi connectivity index (χ2v) is 4.43. The lowest BCUT2D eigenvalue weighted by molar-refractivity contribution is -0.147. The third-order valence-corrected chi connectivity index (χ3v) is 2.35. The molecular weight excluding hydrogens is 196 g/mol. The van der Waals surface area contributed by atoms with Gasteiger partial charge in [0.05, 0.1) is 6.61 Å². The quantitative estimate of drug-likeness (QED) is 0.663. The summed E-state index contributed by atoms with van der Waals surface area (Å²) in [5.74, 6) is -1.19. The van der Waals surface area contributed by atoms with Gasteiger partial charge in [0.25, 0.3) is 0 Å². The van der Waals surface area contributed by atoms with Crippen LogP contribution in [0.15, 0.2) is 0 Å². The van der Waals surface area contributed by atoms with Gasteiger partial charge in [-0.05, 0) is 18.3 Å². The average Bonchev–Trinajstić information content (AvgIpc) is 2.14. The average molecular weight is 216 g/mol. The Hall–Kier alpha value is -1.06. The van der Waals surface area contributed by atoms with E-state index >= 15 is 0 Å². The van der Waals surface area contributed by atoms with Gasteiger partial charge < -0.3 is 9.84 Å². The summed E-state index contributed by atoms with van der Waals surface area (Å²) < 4.78 is 5.05. The predicted molar refractivity (Wildman–Crippen MR) is 56.5 cm³/mol. The molecule has 0 aromatic heterocycles. The Morgan fingerprint density at radius 3 is 2.33 bits per heavy atom. The van der Waals surface area contributed by atoms with E-state index in [0.29, 0.717) is 13.0 Å². The van der Waals surface area contributed by atoms with Crippen molar-refractivity contribution in [1.29, 1.82) is 0 Å². The highest BCUT2D eigenvalue weighted by molar-refractivity contribution is 5.71. The van der Waals surface area contributed by atoms with E-state index in [4.69, 9.17) is 9.84 Å². The number of ether oxygens (including phenoxy) is 1. The minimum Gasteiger partial charge on any atom is -0.481 e. The van der Waals surface area contributed by atoms with Crippen LogP contribution in [0.25, 0.3) is 0 Å². The van der Waals surface area contributed by atoms with Gasteiger partial charge in [-0.1, -0.05) is 20.8 Å². The fourth-order valence-electron chi connectivity index (χ4n) is 0.834. The number of rotatable bonds is 7. The van der Waals surface area contributed by atoms with Crippen LogP contribution in [0.2, 0.25) is 0 Å². The van der Waals surface area contributed by atoms with Crippen molar-refractivity contribution in [2.24, 2.45) is 5.41 Å². The number of aliphatic carboxylic acids is 1. The van der Waals surface area contributed by atoms with E-state index in [0.717, 1.165) is 6.42 Å². The number of hydrogen-bond donors (Lipinski definition) is 1. The lowest BCUT2D eigenvalue weighted by Crippen LogP contribution is -2.20. The van der Waals surface area contributed by atoms with Crippen molar-refractivity contribution in [2.75, 3.05) is 6.61 Å². The first-order valence-electron chi connectivity index (χ1n) is 5.25. The molecule has 0 aromatic rings. The summed E-state index contributed by atoms with van der Waals surface area (Å²) in [6.45, 7) is 6.49. The molecule has 15 heavy (non-hydrogen) atoms. The number of carboxylic acids is 1. The molecule has 0 radical (unpaired) electrons. The molecule has 0 bridgehead atoms. The van der Waals surface area contributed by atoms with Gasteiger partial charge in [0.2, 0.25) is 0 Å². The number of esters is 1. The van der Waals surface area contributed by atoms with Gasteiger partial charge in [-0.15, -0.1) is 0 Å². The van der Waals surface area contributed by atoms with Gasteiger partial charge in [0.15, 0.2) is 0 Å². The Kier molecular flexibility index (Phi) is 5.97. The molecule has 0 spiro atoms. The molecule has 0 aliphatic heterocycles. The zero-order valence-electron chi connectivity index (χ0n) is 9.71. The molecule has 4 heteroatoms. The highest BCUT2D eigenvalue weighted by atomic mass is 16.5. The van der Waals surface area contributed by atoms with Crippen LogP contribution in [0.1, 0.15) is 46.5 Å². The molecule has 0 atom stereocenters. The van der Waals surface area contributed by atoms with E-state index in [1.807, 2.05) is 20.8 Å². The Morgan fingerprint density at radius 2 is 1.87 bits per heavy atom. The zero-order chi connectivity index (χ0) is 11.9. The Balaban J connectivity index is 3.62. The first kappa shape index (κ1) is 13.9. The number of carbonyl (C=O) groups excluding carboxylic acids is 1. The van der Waals surface area contributed by atoms with Gasteiger partial charge in [-0.25, -0.2) is 0 Å². The van der Waals surface area contributed by atoms with Crippen LogP contribution in [-0.4, -0.2) is 23.7 Å². The van der Waals surface area contributed by atoms with E-state index < -0.39 is 5.97 Å². The first-order valence-corrected chi connectivity index (χ1v) is 5.25. The molecule has 0 unspecified atom stereocenters. The number of carbonyl (C=O) groups is 2. The predicted octanol–water partition coefficient (Wildman–Crippen LogP) is 2.22. The van der Waals surface area contributed by atoms with E-state index in [1.54, 1.807) is 0 Å². The van der Waals surface area contributed by atoms with E-state index in [9.17, 15) is 9.59 Å². The third-order valence-electron chi connectivity index (χ3n) is 2.35. The summed E-state index contributed by atoms with van der Waals surface area (Å²) in [4.78, 5) is 21.4. The highest BCUT2D eigenvalue weighted by Crippen LogP contribution is 2.19. The summed E-state index contributed by atoms with van der Waals surface area (Å²) in [7, 11) is 0. The fourth-order valence-corrected chi connectivity index (χ4v) is 0.834. The van der Waals surface area contributed by atoms with Crippen molar-refractivity contribution in [1.82, 2.24) is 0 Å². The molecular formula is C11H20O4. The smallest absolute Gasteiger partial charge is 0.305 e. The molecule has 1 N–H and O–H groups in total. The van der Waals surface area contributed by atoms with E-state index in [-0.39, 0.29) is 24.2 Å². The highest BCUT2D eigenvalue weighted by Gasteiger charge is 2.17. The third kappa shape index (κ3) is 7.97. The summed E-state index contributed by atoms with van der Waals surface area (Å²) in [6, 6.07) is 0. The minimum absolute atomic E-state index is 0.00244. The SMILES string of the molecule is CCC(C)(C)COC(=O)CCCC(=O)O. The monoisotopic (exact) mass is 216 g/mol. The molecule has 0 rings (SSSR count). The van der Waals surface area contributed by atoms with E-state index in [1.165, 1.54) is 0 Å². The lowest BCUT2D eigenvalue weighted by atomic mass is 9.92. The number of hydrogen-bond acceptors (Lipinski definition) is 3. The summed E-state index contributed by atoms with van der Waals surface area (Å²) in [5.41, 5.74) is 0.00244. The molecule has 0 fully saturated rings. The number of carboxylic acid groups (broad SMARTS) is 1. The lowest BCUT2D eigenvalue weighted by Gasteiger charge is -2.21. The maximum atomic E-state index is 11.2. The largest absolute Gasteiger partial charge is 0.481 e. The standard InChI is InChI=1S/C11H20O4/c1-4-11(2,3)8-15-10(14)7-5-6-9(12)13/h4-8H2,1-3H3,(H,12,13). The van der Waals surface area contributed by atoms with Crippen LogP contribution >= 0.6 is 0 Å². The molecule has 0 aliphatic rings. The molecule has 0 aliphatic carbocycles. The van der Waals surface area contributed by atoms with Crippen molar-refractivity contribution in [3.05, 3.63) is 0 Å². The fraction of sp³-hybridized carbons (Fsp3) is 0.818. The first-order chi connectivity index (χ1) is 6.87. The Bertz CT molecular complexity index is 221. The molecule has 0 aromatic carbocycles. The van der Waals surface area contributed by atoms with Crippen LogP contribution in [0.4, 0.5) is 0 Å². The van der Waals surface area contributed by atoms with Crippen LogP contribution in [0.5, 0.6) is 0 Å². The maximum absolute atomic E-state index is 11.2. The molecule has 0 amide bonds. The molecule has 0 saturated heterocycles. The minimum atomic E-state index is -0.878. The Morgan fingerprint density at radius 1 is 1.27 bits per heavy atom. The second-order valence-electron chi connectivity index (χ2n) is 4.43. The van der Waals surface area contributed by atoms with Gasteiger partial charge in [-0.3, -0.25) is 9.59 Å². The molecule has 4 nitrogen and oxygen atoms in total. The molecule has 88 valence electrons. The van der Waals surface area contributed by atoms with Crippen LogP contribution in [0, 0.1) is 5.41 Å². The van der Waals surface area contributed by atoms with Crippen molar-refractivity contribution in [3.8, 4) is 0 Å². The van der Waals surface area contributed by atoms with Crippen LogP contribution < -0.4 is 0 Å². The van der Waals surface area contributed by atoms with Crippen molar-refractivity contribution in [3.63, 3.8) is 0 Å². The van der Waals surface area contributed by atoms with Crippen molar-refractivity contribution < 1.29 is 19.4 Å². The van der Waals surface area contributed by atoms with Crippen LogP contribution in [0.3, 0.4) is 0 Å². The molecule has 0 saturated carbocycles. The van der Waals surface area contributed by atoms with Gasteiger partial charge in [-0.2, -0.15) is 0 Å². The zero-order valence-corrected chi connectivity index (χ0v) is 9.71. The second kappa shape index (κ2) is 6.43. The summed E-state index contributed by atoms with van der Waals surface area (Å²) in [5, 5.41) is 8.37. The Labute approximate surface area is 90.6 Å². The van der Waals surface area contributed by atoms with Gasteiger partial charge in [0, 0.05) is 12.8 Å². The topological polar surface area (TPSA) is 63.6 Å². The van der Waals surface area contributed by atoms with Gasteiger partial charge >= 0.3 is 11.9 Å². The van der Waals surface area contributed by atoms with E-state index in [2.05, 4.69) is 0 Å². The van der Waals surface area contributed by atoms with Gasteiger partial charge in [0.1, 0.15) is 0 Å². The van der Waals surface area contributed by atoms with Crippen molar-refractivity contribution >= 4 is 11.9 Å². The normalized spacial score (nSPS) is 11.1. The van der Waals surface area contributed by atoms with Crippen LogP contribution in [-0.2, 0) is 14.3 Å². The summed E-state index contributed by atoms with van der Waals surface area (Å²) in [6.07, 6.45) is 1.49. The maximum Gasteiger partial charge on any atom is 0.305 e. The van der Waals surface area contributed by atoms with Crippen molar-refractivity contribution in [2.45, 2.75) is 46.5 Å². The summed E-state index contributed by atoms with van der Waals surface area (Å²) >= 11 is 0. The molecule has 0 heterocycles.